The number of rotatable bonds is 11. The number of aryl methyl sites for hydroxylation is 4. The Hall–Kier alpha value is -9.90. The van der Waals surface area contributed by atoms with Crippen molar-refractivity contribution in [1.82, 2.24) is 0 Å². The Morgan fingerprint density at radius 3 is 0.939 bits per heavy atom. The van der Waals surface area contributed by atoms with E-state index in [0.717, 1.165) is 45.0 Å². The Bertz CT molecular complexity index is 4140. The summed E-state index contributed by atoms with van der Waals surface area (Å²) in [5.41, 5.74) is 22.7. The van der Waals surface area contributed by atoms with E-state index >= 15 is 8.78 Å². The average molecular weight is 1060 g/mol. The summed E-state index contributed by atoms with van der Waals surface area (Å²) in [5.74, 6) is -1.07. The molecule has 0 radical (unpaired) electrons. The predicted octanol–water partition coefficient (Wildman–Crippen LogP) is 20.5. The van der Waals surface area contributed by atoms with E-state index in [1.54, 1.807) is 24.3 Å². The van der Waals surface area contributed by atoms with Crippen LogP contribution in [0, 0.1) is 39.3 Å². The van der Waals surface area contributed by atoms with E-state index in [9.17, 15) is 0 Å². The summed E-state index contributed by atoms with van der Waals surface area (Å²) in [6, 6.07) is 96.5. The number of nitrogens with zero attached hydrogens (tertiary/aromatic N) is 2. The molecule has 0 bridgehead atoms. The van der Waals surface area contributed by atoms with Crippen molar-refractivity contribution in [3.8, 4) is 33.4 Å². The zero-order valence-electron chi connectivity index (χ0n) is 46.2. The van der Waals surface area contributed by atoms with Gasteiger partial charge in [0.05, 0.1) is 10.8 Å². The van der Waals surface area contributed by atoms with Gasteiger partial charge in [-0.05, 0) is 191 Å². The van der Waals surface area contributed by atoms with Crippen LogP contribution in [0.25, 0.3) is 33.4 Å². The van der Waals surface area contributed by atoms with E-state index < -0.39 is 22.5 Å². The van der Waals surface area contributed by atoms with Crippen molar-refractivity contribution in [2.24, 2.45) is 0 Å². The second-order valence-electron chi connectivity index (χ2n) is 22.1. The molecule has 2 atom stereocenters. The van der Waals surface area contributed by atoms with Crippen LogP contribution in [-0.4, -0.2) is 0 Å². The topological polar surface area (TPSA) is 6.48 Å². The normalized spacial score (nSPS) is 15.5. The van der Waals surface area contributed by atoms with Gasteiger partial charge in [-0.15, -0.1) is 0 Å². The maximum atomic E-state index is 17.4. The van der Waals surface area contributed by atoms with Crippen molar-refractivity contribution >= 4 is 34.1 Å². The molecule has 2 nitrogen and oxygen atoms in total. The van der Waals surface area contributed by atoms with Crippen molar-refractivity contribution < 1.29 is 8.78 Å². The fraction of sp³-hybridized carbons (Fsp3) is 0.0769. The number of anilines is 6. The van der Waals surface area contributed by atoms with E-state index in [4.69, 9.17) is 0 Å². The Morgan fingerprint density at radius 2 is 0.561 bits per heavy atom. The predicted molar refractivity (Wildman–Crippen MR) is 335 cm³/mol. The molecule has 0 spiro atoms. The quantitative estimate of drug-likeness (QED) is 0.127. The summed E-state index contributed by atoms with van der Waals surface area (Å²) in [6.45, 7) is 8.73. The van der Waals surface area contributed by atoms with Crippen LogP contribution in [0.15, 0.2) is 279 Å². The molecule has 12 aromatic carbocycles. The molecule has 0 heterocycles. The number of fused-ring (bicyclic) bond motifs is 6. The average Bonchev–Trinajstić information content (AvgIpc) is 2.59. The number of para-hydroxylation sites is 2. The van der Waals surface area contributed by atoms with Gasteiger partial charge in [0.1, 0.15) is 11.6 Å². The first-order valence-electron chi connectivity index (χ1n) is 28.2. The molecule has 0 fully saturated rings. The minimum atomic E-state index is -0.643. The first-order valence-corrected chi connectivity index (χ1v) is 28.2. The zero-order chi connectivity index (χ0) is 55.7. The Kier molecular flexibility index (Phi) is 12.3. The summed E-state index contributed by atoms with van der Waals surface area (Å²) >= 11 is 0. The van der Waals surface area contributed by atoms with E-state index in [1.165, 1.54) is 66.8 Å². The van der Waals surface area contributed by atoms with Crippen molar-refractivity contribution in [2.75, 3.05) is 9.80 Å². The molecule has 82 heavy (non-hydrogen) atoms. The molecule has 4 heteroatoms. The molecular formula is C78H58F2N2. The van der Waals surface area contributed by atoms with Gasteiger partial charge in [-0.3, -0.25) is 0 Å². The lowest BCUT2D eigenvalue weighted by Gasteiger charge is -2.36. The number of hydrogen-bond acceptors (Lipinski definition) is 2. The van der Waals surface area contributed by atoms with Crippen LogP contribution >= 0.6 is 0 Å². The van der Waals surface area contributed by atoms with E-state index in [-0.39, 0.29) is 11.1 Å². The third kappa shape index (κ3) is 7.88. The fourth-order valence-electron chi connectivity index (χ4n) is 13.8. The summed E-state index contributed by atoms with van der Waals surface area (Å²) in [5, 5.41) is 0. The highest BCUT2D eigenvalue weighted by Crippen LogP contribution is 2.60. The van der Waals surface area contributed by atoms with Crippen LogP contribution in [0.5, 0.6) is 0 Å². The minimum Gasteiger partial charge on any atom is -0.310 e. The zero-order valence-corrected chi connectivity index (χ0v) is 46.2. The lowest BCUT2D eigenvalue weighted by atomic mass is 9.66. The molecule has 394 valence electrons. The second kappa shape index (κ2) is 20.0. The van der Waals surface area contributed by atoms with Crippen molar-refractivity contribution in [2.45, 2.75) is 38.5 Å². The van der Waals surface area contributed by atoms with Gasteiger partial charge in [0.2, 0.25) is 0 Å². The SMILES string of the molecule is Cc1ccc(C)c(C2(c3ccccc3)c3ccccc3-c3ccc(N(c4ccccc4)c4ccc(-c5ccc(N(c6ccccc6)c6ccc7c(c6)C(c6ccccc6)(c6cc(C)ccc6C)c6ccccc6-7)cc5F)c(F)c4)cc32)c1. The van der Waals surface area contributed by atoms with E-state index in [2.05, 4.69) is 219 Å². The minimum absolute atomic E-state index is 0.172. The molecule has 0 aromatic heterocycles. The molecule has 2 unspecified atom stereocenters. The van der Waals surface area contributed by atoms with Crippen molar-refractivity contribution in [3.05, 3.63) is 357 Å². The maximum absolute atomic E-state index is 17.4. The maximum Gasteiger partial charge on any atom is 0.133 e. The van der Waals surface area contributed by atoms with Gasteiger partial charge in [-0.25, -0.2) is 8.78 Å². The summed E-state index contributed by atoms with van der Waals surface area (Å²) in [6.07, 6.45) is 0. The number of benzene rings is 12. The Balaban J connectivity index is 0.880. The lowest BCUT2D eigenvalue weighted by molar-refractivity contribution is 0.616. The third-order valence-electron chi connectivity index (χ3n) is 17.3. The van der Waals surface area contributed by atoms with Crippen LogP contribution in [0.1, 0.15) is 66.8 Å². The Labute approximate surface area is 479 Å². The van der Waals surface area contributed by atoms with Gasteiger partial charge in [0.15, 0.2) is 0 Å². The monoisotopic (exact) mass is 1060 g/mol. The van der Waals surface area contributed by atoms with Gasteiger partial charge in [0.25, 0.3) is 0 Å². The van der Waals surface area contributed by atoms with Gasteiger partial charge in [-0.2, -0.15) is 0 Å². The fourth-order valence-corrected chi connectivity index (χ4v) is 13.8. The highest BCUT2D eigenvalue weighted by atomic mass is 19.1. The molecule has 0 N–H and O–H groups in total. The standard InChI is InChI=1S/C78H58F2N2/c1-51-33-35-53(3)71(45-51)77(55-21-9-5-10-22-55)69-31-19-17-29-63(69)65-41-37-59(47-73(65)77)81(57-25-13-7-14-26-57)61-39-43-67(75(79)49-61)68-44-40-62(50-76(68)80)82(58-27-15-8-16-28-58)60-38-42-66-64-30-18-20-32-70(64)78(74(66)48-60,56-23-11-6-12-24-56)72-46-52(2)34-36-54(72)4/h5-50H,1-4H3. The van der Waals surface area contributed by atoms with E-state index in [0.29, 0.717) is 11.4 Å². The molecule has 0 amide bonds. The second-order valence-corrected chi connectivity index (χ2v) is 22.1. The highest BCUT2D eigenvalue weighted by molar-refractivity contribution is 5.92. The summed E-state index contributed by atoms with van der Waals surface area (Å²) in [4.78, 5) is 4.21. The van der Waals surface area contributed by atoms with E-state index in [1.807, 2.05) is 72.8 Å². The van der Waals surface area contributed by atoms with Crippen LogP contribution in [-0.2, 0) is 10.8 Å². The Morgan fingerprint density at radius 1 is 0.244 bits per heavy atom. The van der Waals surface area contributed by atoms with Crippen molar-refractivity contribution in [1.29, 1.82) is 0 Å². The first-order chi connectivity index (χ1) is 40.1. The van der Waals surface area contributed by atoms with Gasteiger partial charge in [0, 0.05) is 45.3 Å². The van der Waals surface area contributed by atoms with Crippen molar-refractivity contribution in [3.63, 3.8) is 0 Å². The van der Waals surface area contributed by atoms with Crippen LogP contribution in [0.2, 0.25) is 0 Å². The molecule has 2 aliphatic carbocycles. The molecule has 0 saturated heterocycles. The molecule has 14 rings (SSSR count). The van der Waals surface area contributed by atoms with Gasteiger partial charge in [-0.1, -0.05) is 205 Å². The molecule has 0 aliphatic heterocycles. The lowest BCUT2D eigenvalue weighted by Crippen LogP contribution is -2.30. The van der Waals surface area contributed by atoms with Crippen LogP contribution in [0.4, 0.5) is 42.9 Å². The largest absolute Gasteiger partial charge is 0.310 e. The molecule has 12 aromatic rings. The van der Waals surface area contributed by atoms with Gasteiger partial charge >= 0.3 is 0 Å². The van der Waals surface area contributed by atoms with Crippen LogP contribution in [0.3, 0.4) is 0 Å². The number of halogens is 2. The van der Waals surface area contributed by atoms with Crippen LogP contribution < -0.4 is 9.80 Å². The molecule has 2 aliphatic rings. The highest BCUT2D eigenvalue weighted by Gasteiger charge is 2.49. The number of hydrogen-bond donors (Lipinski definition) is 0. The smallest absolute Gasteiger partial charge is 0.133 e. The molecular weight excluding hydrogens is 1000 g/mol. The first kappa shape index (κ1) is 50.3. The summed E-state index contributed by atoms with van der Waals surface area (Å²) < 4.78 is 34.8. The molecule has 0 saturated carbocycles. The summed E-state index contributed by atoms with van der Waals surface area (Å²) in [7, 11) is 0. The third-order valence-corrected chi connectivity index (χ3v) is 17.3. The van der Waals surface area contributed by atoms with Gasteiger partial charge < -0.3 is 9.80 Å².